The number of hydrogen-bond acceptors (Lipinski definition) is 6. The van der Waals surface area contributed by atoms with Crippen molar-refractivity contribution < 1.29 is 19.1 Å². The zero-order valence-corrected chi connectivity index (χ0v) is 21.8. The molecule has 2 aromatic rings. The molecule has 0 aromatic heterocycles. The second-order valence-electron chi connectivity index (χ2n) is 8.63. The van der Waals surface area contributed by atoms with Gasteiger partial charge in [0.2, 0.25) is 11.6 Å². The van der Waals surface area contributed by atoms with Gasteiger partial charge in [-0.1, -0.05) is 76.6 Å². The Hall–Kier alpha value is -3.28. The molecule has 6 heteroatoms. The van der Waals surface area contributed by atoms with Crippen LogP contribution in [0.15, 0.2) is 58.5 Å². The van der Waals surface area contributed by atoms with E-state index in [9.17, 15) is 9.59 Å². The number of aliphatic imine (C=N–C) groups is 2. The summed E-state index contributed by atoms with van der Waals surface area (Å²) in [5, 5.41) is 0. The van der Waals surface area contributed by atoms with Crippen LogP contribution in [-0.4, -0.2) is 50.3 Å². The van der Waals surface area contributed by atoms with Gasteiger partial charge in [0.1, 0.15) is 24.7 Å². The molecule has 0 bridgehead atoms. The first kappa shape index (κ1) is 29.0. The maximum absolute atomic E-state index is 12.8. The lowest BCUT2D eigenvalue weighted by molar-refractivity contribution is 0.0816. The molecule has 0 spiro atoms. The van der Waals surface area contributed by atoms with E-state index in [4.69, 9.17) is 9.47 Å². The molecule has 0 heterocycles. The van der Waals surface area contributed by atoms with Crippen molar-refractivity contribution in [2.45, 2.75) is 65.2 Å². The summed E-state index contributed by atoms with van der Waals surface area (Å²) in [6, 6.07) is 13.3. The Morgan fingerprint density at radius 1 is 0.667 bits per heavy atom. The monoisotopic (exact) mass is 492 g/mol. The van der Waals surface area contributed by atoms with E-state index < -0.39 is 11.6 Å². The Morgan fingerprint density at radius 2 is 1.11 bits per heavy atom. The molecular formula is C30H40N2O4. The fraction of sp³-hybridized carbons (Fsp3) is 0.467. The molecule has 2 rings (SSSR count). The predicted octanol–water partition coefficient (Wildman–Crippen LogP) is 6.81. The van der Waals surface area contributed by atoms with Gasteiger partial charge in [0, 0.05) is 36.6 Å². The molecule has 2 aromatic carbocycles. The summed E-state index contributed by atoms with van der Waals surface area (Å²) < 4.78 is 11.4. The summed E-state index contributed by atoms with van der Waals surface area (Å²) in [4.78, 5) is 34.3. The third-order valence-corrected chi connectivity index (χ3v) is 5.59. The van der Waals surface area contributed by atoms with Gasteiger partial charge in [0.05, 0.1) is 0 Å². The van der Waals surface area contributed by atoms with E-state index in [0.29, 0.717) is 24.7 Å². The van der Waals surface area contributed by atoms with Crippen molar-refractivity contribution in [2.75, 3.05) is 26.3 Å². The van der Waals surface area contributed by atoms with Gasteiger partial charge in [0.25, 0.3) is 0 Å². The largest absolute Gasteiger partial charge is 0.488 e. The van der Waals surface area contributed by atoms with E-state index >= 15 is 0 Å². The van der Waals surface area contributed by atoms with Gasteiger partial charge in [-0.2, -0.15) is 0 Å². The molecule has 194 valence electrons. The number of Topliss-reactive ketones (excluding diaryl/α,β-unsaturated/α-hetero) is 2. The smallest absolute Gasteiger partial charge is 0.233 e. The van der Waals surface area contributed by atoms with Crippen molar-refractivity contribution in [2.24, 2.45) is 9.98 Å². The van der Waals surface area contributed by atoms with Crippen LogP contribution < -0.4 is 9.47 Å². The van der Waals surface area contributed by atoms with Crippen LogP contribution in [0.2, 0.25) is 0 Å². The lowest BCUT2D eigenvalue weighted by Crippen LogP contribution is -2.15. The second-order valence-corrected chi connectivity index (χ2v) is 8.63. The zero-order chi connectivity index (χ0) is 25.8. The van der Waals surface area contributed by atoms with Crippen molar-refractivity contribution in [1.29, 1.82) is 0 Å². The molecule has 0 saturated heterocycles. The maximum Gasteiger partial charge on any atom is 0.233 e. The van der Waals surface area contributed by atoms with E-state index in [1.54, 1.807) is 61.0 Å². The van der Waals surface area contributed by atoms with Crippen LogP contribution in [0.3, 0.4) is 0 Å². The molecule has 0 radical (unpaired) electrons. The Morgan fingerprint density at radius 3 is 1.53 bits per heavy atom. The van der Waals surface area contributed by atoms with Gasteiger partial charge in [-0.3, -0.25) is 19.6 Å². The fourth-order valence-corrected chi connectivity index (χ4v) is 3.53. The van der Waals surface area contributed by atoms with Gasteiger partial charge in [-0.15, -0.1) is 0 Å². The molecule has 0 aliphatic heterocycles. The molecule has 0 unspecified atom stereocenters. The molecule has 36 heavy (non-hydrogen) atoms. The van der Waals surface area contributed by atoms with Crippen molar-refractivity contribution in [3.8, 4) is 11.5 Å². The minimum absolute atomic E-state index is 0.288. The average molecular weight is 493 g/mol. The number of benzene rings is 2. The number of ketones is 2. The molecule has 0 saturated carbocycles. The summed E-state index contributed by atoms with van der Waals surface area (Å²) in [6.45, 7) is 6.60. The Bertz CT molecular complexity index is 905. The van der Waals surface area contributed by atoms with Crippen LogP contribution in [-0.2, 0) is 0 Å². The van der Waals surface area contributed by atoms with Crippen molar-refractivity contribution in [3.63, 3.8) is 0 Å². The highest BCUT2D eigenvalue weighted by Crippen LogP contribution is 2.18. The standard InChI is InChI=1S/C30H40N2O4/c1-3-5-7-9-17-31-19-21-35-27-15-11-13-25(23-27)29(33)30(34)26-14-12-16-28(24-26)36-22-20-32-18-10-8-6-4-2/h11-16,19-20,23-24H,3-10,17-18,21-22H2,1-2H3. The lowest BCUT2D eigenvalue weighted by atomic mass is 10.0. The van der Waals surface area contributed by atoms with Crippen LogP contribution in [0.1, 0.15) is 85.9 Å². The molecule has 0 amide bonds. The molecule has 0 N–H and O–H groups in total. The Kier molecular flexibility index (Phi) is 14.5. The fourth-order valence-electron chi connectivity index (χ4n) is 3.53. The average Bonchev–Trinajstić information content (AvgIpc) is 2.91. The number of nitrogens with zero attached hydrogens (tertiary/aromatic N) is 2. The highest BCUT2D eigenvalue weighted by molar-refractivity contribution is 6.49. The van der Waals surface area contributed by atoms with Crippen molar-refractivity contribution >= 4 is 24.0 Å². The molecule has 0 aliphatic carbocycles. The van der Waals surface area contributed by atoms with Crippen LogP contribution in [0.4, 0.5) is 0 Å². The van der Waals surface area contributed by atoms with Crippen LogP contribution in [0, 0.1) is 0 Å². The molecule has 0 aliphatic rings. The number of unbranched alkanes of at least 4 members (excludes halogenated alkanes) is 6. The zero-order valence-electron chi connectivity index (χ0n) is 21.8. The summed E-state index contributed by atoms with van der Waals surface area (Å²) in [7, 11) is 0. The predicted molar refractivity (Wildman–Crippen MR) is 148 cm³/mol. The van der Waals surface area contributed by atoms with Crippen molar-refractivity contribution in [3.05, 3.63) is 59.7 Å². The minimum atomic E-state index is -0.587. The SMILES string of the molecule is CCCCCCN=CCOc1cccc(C(=O)C(=O)c2cccc(OCC=NCCCCCC)c2)c1. The Balaban J connectivity index is 1.84. The number of carbonyl (C=O) groups is 2. The van der Waals surface area contributed by atoms with Crippen LogP contribution in [0.25, 0.3) is 0 Å². The third-order valence-electron chi connectivity index (χ3n) is 5.59. The first-order chi connectivity index (χ1) is 17.7. The van der Waals surface area contributed by atoms with Crippen molar-refractivity contribution in [1.82, 2.24) is 0 Å². The van der Waals surface area contributed by atoms with E-state index in [1.807, 2.05) is 0 Å². The van der Waals surface area contributed by atoms with E-state index in [-0.39, 0.29) is 11.1 Å². The van der Waals surface area contributed by atoms with Crippen LogP contribution >= 0.6 is 0 Å². The normalized spacial score (nSPS) is 11.3. The number of ether oxygens (including phenoxy) is 2. The molecule has 0 atom stereocenters. The summed E-state index contributed by atoms with van der Waals surface area (Å²) in [5.41, 5.74) is 0.575. The maximum atomic E-state index is 12.8. The highest BCUT2D eigenvalue weighted by atomic mass is 16.5. The van der Waals surface area contributed by atoms with Crippen LogP contribution in [0.5, 0.6) is 11.5 Å². The number of hydrogen-bond donors (Lipinski definition) is 0. The second kappa shape index (κ2) is 18.1. The number of carbonyl (C=O) groups excluding carboxylic acids is 2. The van der Waals surface area contributed by atoms with Gasteiger partial charge >= 0.3 is 0 Å². The quantitative estimate of drug-likeness (QED) is 0.0934. The Labute approximate surface area is 215 Å². The van der Waals surface area contributed by atoms with Gasteiger partial charge in [0.15, 0.2) is 0 Å². The molecular weight excluding hydrogens is 452 g/mol. The molecule has 6 nitrogen and oxygen atoms in total. The topological polar surface area (TPSA) is 77.3 Å². The van der Waals surface area contributed by atoms with E-state index in [1.165, 1.54) is 38.5 Å². The highest BCUT2D eigenvalue weighted by Gasteiger charge is 2.19. The minimum Gasteiger partial charge on any atom is -0.488 e. The van der Waals surface area contributed by atoms with E-state index in [0.717, 1.165) is 25.9 Å². The summed E-state index contributed by atoms with van der Waals surface area (Å²) in [6.07, 6.45) is 12.9. The van der Waals surface area contributed by atoms with Gasteiger partial charge in [-0.05, 0) is 37.1 Å². The number of rotatable bonds is 19. The first-order valence-electron chi connectivity index (χ1n) is 13.2. The molecule has 0 fully saturated rings. The third kappa shape index (κ3) is 11.4. The van der Waals surface area contributed by atoms with E-state index in [2.05, 4.69) is 23.8 Å². The summed E-state index contributed by atoms with van der Waals surface area (Å²) >= 11 is 0. The summed E-state index contributed by atoms with van der Waals surface area (Å²) in [5.74, 6) is -0.124. The van der Waals surface area contributed by atoms with Gasteiger partial charge < -0.3 is 9.47 Å². The lowest BCUT2D eigenvalue weighted by Gasteiger charge is -2.07. The first-order valence-corrected chi connectivity index (χ1v) is 13.2. The van der Waals surface area contributed by atoms with Gasteiger partial charge in [-0.25, -0.2) is 0 Å².